The first-order valence-electron chi connectivity index (χ1n) is 26.5. The van der Waals surface area contributed by atoms with Crippen LogP contribution in [0.4, 0.5) is 10.5 Å². The van der Waals surface area contributed by atoms with Crippen LogP contribution in [0.15, 0.2) is 48.0 Å². The quantitative estimate of drug-likeness (QED) is 0.0467. The van der Waals surface area contributed by atoms with Gasteiger partial charge in [0, 0.05) is 70.2 Å². The van der Waals surface area contributed by atoms with Gasteiger partial charge in [-0.25, -0.2) is 9.78 Å². The fourth-order valence-corrected chi connectivity index (χ4v) is 9.88. The molecule has 3 heterocycles. The molecule has 24 heteroatoms. The maximum Gasteiger partial charge on any atom is 0.408 e. The molecule has 1 aromatic carbocycles. The lowest BCUT2D eigenvalue weighted by Gasteiger charge is -2.39. The van der Waals surface area contributed by atoms with Gasteiger partial charge < -0.3 is 55.9 Å². The molecule has 1 fully saturated rings. The number of methoxy groups -OCH3 is 2. The van der Waals surface area contributed by atoms with Gasteiger partial charge in [-0.3, -0.25) is 48.1 Å². The summed E-state index contributed by atoms with van der Waals surface area (Å²) in [6.07, 6.45) is 5.71. The molecule has 0 saturated carbocycles. The first-order chi connectivity index (χ1) is 37.0. The number of hydrogen-bond donors (Lipinski definition) is 6. The van der Waals surface area contributed by atoms with Crippen LogP contribution in [-0.2, 0) is 70.5 Å². The fourth-order valence-electron chi connectivity index (χ4n) is 9.32. The van der Waals surface area contributed by atoms with Crippen molar-refractivity contribution < 1.29 is 62.2 Å². The van der Waals surface area contributed by atoms with Crippen LogP contribution in [0, 0.1) is 17.8 Å². The minimum Gasteiger partial charge on any atom is -0.445 e. The van der Waals surface area contributed by atoms with Crippen LogP contribution < -0.4 is 31.9 Å². The lowest BCUT2D eigenvalue weighted by Crippen LogP contribution is -2.57. The SMILES string of the molecule is CC[C@H](C)[C@@H]([C@@H](CC(=O)N1CCC[C@H]1[C@H](OC)[C@@H](C)C(=O)NCc1nccs1)OC)N(C)C(=O)CNC(=O)C(C)(C)NC(=O)OCc1ccc(NC(=O)CNC(=O)C(NC(=O)CCCCCN2C(=O)C=CC2=O)C(C)C)cc1. The van der Waals surface area contributed by atoms with Crippen molar-refractivity contribution in [1.29, 1.82) is 0 Å². The summed E-state index contributed by atoms with van der Waals surface area (Å²) < 4.78 is 17.2. The molecule has 4 rings (SSSR count). The summed E-state index contributed by atoms with van der Waals surface area (Å²) in [4.78, 5) is 138. The van der Waals surface area contributed by atoms with E-state index in [0.717, 1.165) is 16.3 Å². The van der Waals surface area contributed by atoms with Crippen LogP contribution in [0.3, 0.4) is 0 Å². The fraction of sp³-hybridized carbons (Fsp3) is 0.611. The van der Waals surface area contributed by atoms with Gasteiger partial charge in [-0.1, -0.05) is 59.6 Å². The van der Waals surface area contributed by atoms with Crippen molar-refractivity contribution in [2.45, 2.75) is 149 Å². The van der Waals surface area contributed by atoms with Crippen LogP contribution in [0.25, 0.3) is 0 Å². The smallest absolute Gasteiger partial charge is 0.408 e. The second-order valence-electron chi connectivity index (χ2n) is 20.5. The largest absolute Gasteiger partial charge is 0.445 e. The van der Waals surface area contributed by atoms with E-state index in [2.05, 4.69) is 36.9 Å². The van der Waals surface area contributed by atoms with Crippen LogP contribution in [-0.4, -0.2) is 162 Å². The summed E-state index contributed by atoms with van der Waals surface area (Å²) in [6, 6.07) is 4.58. The molecule has 2 aromatic rings. The summed E-state index contributed by atoms with van der Waals surface area (Å²) in [5, 5.41) is 18.6. The number of imide groups is 1. The molecular formula is C54H80N10O13S. The third kappa shape index (κ3) is 19.0. The molecule has 0 bridgehead atoms. The summed E-state index contributed by atoms with van der Waals surface area (Å²) >= 11 is 1.44. The number of amides is 10. The highest BCUT2D eigenvalue weighted by Gasteiger charge is 2.42. The van der Waals surface area contributed by atoms with Crippen LogP contribution in [0.1, 0.15) is 110 Å². The third-order valence-corrected chi connectivity index (χ3v) is 14.8. The maximum absolute atomic E-state index is 14.1. The van der Waals surface area contributed by atoms with E-state index < -0.39 is 72.0 Å². The predicted octanol–water partition coefficient (Wildman–Crippen LogP) is 3.18. The molecule has 78 heavy (non-hydrogen) atoms. The van der Waals surface area contributed by atoms with E-state index in [4.69, 9.17) is 14.2 Å². The molecule has 6 N–H and O–H groups in total. The van der Waals surface area contributed by atoms with Crippen molar-refractivity contribution in [3.8, 4) is 0 Å². The minimum absolute atomic E-state index is 0.0431. The Morgan fingerprint density at radius 3 is 2.18 bits per heavy atom. The van der Waals surface area contributed by atoms with Crippen molar-refractivity contribution in [2.24, 2.45) is 17.8 Å². The molecule has 10 amide bonds. The standard InChI is InChI=1S/C54H80N10O13S/c1-11-34(4)48(39(75-9)28-45(69)63-26-15-16-38(63)49(76-10)35(5)50(71)57-30-42-55-24-27-78-42)62(8)46(70)31-58-52(73)54(6,7)61-53(74)77-32-36-18-20-37(21-19-36)59-41(66)29-56-51(72)47(33(2)3)60-40(65)17-13-12-14-25-64-43(67)22-23-44(64)68/h18-24,27,33-35,38-39,47-49H,11-17,25-26,28-32H2,1-10H3,(H,56,72)(H,57,71)(H,58,73)(H,59,66)(H,60,65)(H,61,74)/t34-,35+,38-,39+,47?,48-,49+/m0/s1. The molecule has 7 atom stereocenters. The topological polar surface area (TPSA) is 293 Å². The van der Waals surface area contributed by atoms with E-state index in [0.29, 0.717) is 56.4 Å². The Balaban J connectivity index is 1.19. The van der Waals surface area contributed by atoms with E-state index in [1.165, 1.54) is 56.5 Å². The second-order valence-corrected chi connectivity index (χ2v) is 21.5. The van der Waals surface area contributed by atoms with Gasteiger partial charge in [0.15, 0.2) is 0 Å². The van der Waals surface area contributed by atoms with Gasteiger partial charge in [-0.05, 0) is 69.1 Å². The van der Waals surface area contributed by atoms with Gasteiger partial charge in [0.05, 0.1) is 56.3 Å². The van der Waals surface area contributed by atoms with Crippen molar-refractivity contribution in [3.05, 3.63) is 58.6 Å². The molecule has 0 radical (unpaired) electrons. The van der Waals surface area contributed by atoms with Gasteiger partial charge in [-0.2, -0.15) is 0 Å². The number of ether oxygens (including phenoxy) is 3. The molecular weight excluding hydrogens is 1030 g/mol. The summed E-state index contributed by atoms with van der Waals surface area (Å²) in [6.45, 7) is 12.2. The van der Waals surface area contributed by atoms with Crippen molar-refractivity contribution in [2.75, 3.05) is 52.8 Å². The number of likely N-dealkylation sites (tertiary alicyclic amines) is 1. The van der Waals surface area contributed by atoms with E-state index >= 15 is 0 Å². The Morgan fingerprint density at radius 1 is 0.872 bits per heavy atom. The highest BCUT2D eigenvalue weighted by molar-refractivity contribution is 7.09. The number of thiazole rings is 1. The number of likely N-dealkylation sites (N-methyl/N-ethyl adjacent to an activating group) is 1. The number of hydrogen-bond acceptors (Lipinski definition) is 15. The molecule has 2 aliphatic heterocycles. The van der Waals surface area contributed by atoms with Crippen LogP contribution in [0.5, 0.6) is 0 Å². The lowest BCUT2D eigenvalue weighted by molar-refractivity contribution is -0.145. The molecule has 1 saturated heterocycles. The van der Waals surface area contributed by atoms with Gasteiger partial charge in [0.2, 0.25) is 41.4 Å². The lowest BCUT2D eigenvalue weighted by atomic mass is 9.90. The number of nitrogens with zero attached hydrogens (tertiary/aromatic N) is 4. The first kappa shape index (κ1) is 63.7. The van der Waals surface area contributed by atoms with Crippen molar-refractivity contribution in [1.82, 2.24) is 46.3 Å². The van der Waals surface area contributed by atoms with E-state index in [1.54, 1.807) is 63.2 Å². The molecule has 1 unspecified atom stereocenters. The number of aromatic nitrogens is 1. The number of carbonyl (C=O) groups is 10. The molecule has 0 aliphatic carbocycles. The first-order valence-corrected chi connectivity index (χ1v) is 27.4. The monoisotopic (exact) mass is 1110 g/mol. The predicted molar refractivity (Wildman–Crippen MR) is 290 cm³/mol. The van der Waals surface area contributed by atoms with Crippen LogP contribution in [0.2, 0.25) is 0 Å². The molecule has 2 aliphatic rings. The third-order valence-electron chi connectivity index (χ3n) is 14.1. The van der Waals surface area contributed by atoms with Crippen LogP contribution >= 0.6 is 11.3 Å². The highest BCUT2D eigenvalue weighted by atomic mass is 32.1. The summed E-state index contributed by atoms with van der Waals surface area (Å²) in [5.74, 6) is -4.56. The zero-order chi connectivity index (χ0) is 57.7. The number of alkyl carbamates (subject to hydrolysis) is 1. The zero-order valence-corrected chi connectivity index (χ0v) is 47.5. The second kappa shape index (κ2) is 31.0. The Kier molecular flexibility index (Phi) is 25.3. The van der Waals surface area contributed by atoms with E-state index in [9.17, 15) is 47.9 Å². The maximum atomic E-state index is 14.1. The summed E-state index contributed by atoms with van der Waals surface area (Å²) in [5.41, 5.74) is -0.556. The number of nitrogens with one attached hydrogen (secondary N) is 6. The minimum atomic E-state index is -1.51. The highest BCUT2D eigenvalue weighted by Crippen LogP contribution is 2.29. The Labute approximate surface area is 461 Å². The van der Waals surface area contributed by atoms with Crippen molar-refractivity contribution >= 4 is 76.3 Å². The normalized spacial score (nSPS) is 16.6. The zero-order valence-electron chi connectivity index (χ0n) is 46.6. The number of rotatable bonds is 31. The number of benzene rings is 1. The Bertz CT molecular complexity index is 2400. The van der Waals surface area contributed by atoms with E-state index in [-0.39, 0.29) is 80.0 Å². The number of unbranched alkanes of at least 4 members (excludes halogenated alkanes) is 2. The Morgan fingerprint density at radius 2 is 1.56 bits per heavy atom. The van der Waals surface area contributed by atoms with Gasteiger partial charge in [0.25, 0.3) is 11.8 Å². The van der Waals surface area contributed by atoms with Gasteiger partial charge in [-0.15, -0.1) is 11.3 Å². The molecule has 23 nitrogen and oxygen atoms in total. The molecule has 0 spiro atoms. The van der Waals surface area contributed by atoms with Gasteiger partial charge in [0.1, 0.15) is 23.2 Å². The van der Waals surface area contributed by atoms with Gasteiger partial charge >= 0.3 is 6.09 Å². The average Bonchev–Trinajstić information content (AvgIpc) is 4.21. The number of carbonyl (C=O) groups excluding carboxylic acids is 10. The van der Waals surface area contributed by atoms with E-state index in [1.807, 2.05) is 19.2 Å². The average molecular weight is 1110 g/mol. The van der Waals surface area contributed by atoms with Crippen molar-refractivity contribution in [3.63, 3.8) is 0 Å². The Hall–Kier alpha value is -6.79. The summed E-state index contributed by atoms with van der Waals surface area (Å²) in [7, 11) is 4.63. The molecule has 430 valence electrons. The number of anilines is 1. The molecule has 1 aromatic heterocycles.